The number of nitrogens with one attached hydrogen (secondary N) is 1. The lowest BCUT2D eigenvalue weighted by Gasteiger charge is -2.08. The van der Waals surface area contributed by atoms with Gasteiger partial charge in [-0.1, -0.05) is 30.3 Å². The van der Waals surface area contributed by atoms with Crippen LogP contribution in [0.2, 0.25) is 0 Å². The second kappa shape index (κ2) is 6.85. The minimum Gasteiger partial charge on any atom is -0.476 e. The SMILES string of the molecule is O=C(O)c1ccc2nc3ccc(NOCc4ccccc4)cc3c(=O)n2n1. The molecule has 0 bridgehead atoms. The van der Waals surface area contributed by atoms with Crippen LogP contribution in [0.1, 0.15) is 16.1 Å². The number of carboxylic acid groups (broad SMARTS) is 1. The standard InChI is InChI=1S/C19H14N4O4/c24-18-14-10-13(22-27-11-12-4-2-1-3-5-12)6-7-15(14)20-17-9-8-16(19(25)26)21-23(17)18/h1-10,22H,11H2,(H,25,26). The smallest absolute Gasteiger partial charge is 0.356 e. The fraction of sp³-hybridized carbons (Fsp3) is 0.0526. The lowest BCUT2D eigenvalue weighted by Crippen LogP contribution is -2.20. The molecule has 8 heteroatoms. The van der Waals surface area contributed by atoms with E-state index in [1.807, 2.05) is 30.3 Å². The number of rotatable bonds is 5. The Labute approximate surface area is 152 Å². The first-order chi connectivity index (χ1) is 13.1. The van der Waals surface area contributed by atoms with Gasteiger partial charge in [-0.3, -0.25) is 15.1 Å². The van der Waals surface area contributed by atoms with E-state index in [-0.39, 0.29) is 11.3 Å². The van der Waals surface area contributed by atoms with Crippen LogP contribution < -0.4 is 11.0 Å². The molecular formula is C19H14N4O4. The predicted octanol–water partition coefficient (Wildman–Crippen LogP) is 2.48. The Morgan fingerprint density at radius 2 is 1.93 bits per heavy atom. The summed E-state index contributed by atoms with van der Waals surface area (Å²) < 4.78 is 0.987. The molecule has 4 rings (SSSR count). The van der Waals surface area contributed by atoms with Crippen molar-refractivity contribution in [2.45, 2.75) is 6.61 Å². The summed E-state index contributed by atoms with van der Waals surface area (Å²) in [6.07, 6.45) is 0. The van der Waals surface area contributed by atoms with Crippen molar-refractivity contribution >= 4 is 28.2 Å². The van der Waals surface area contributed by atoms with Gasteiger partial charge in [0.15, 0.2) is 11.3 Å². The third-order valence-corrected chi connectivity index (χ3v) is 3.96. The topological polar surface area (TPSA) is 106 Å². The Morgan fingerprint density at radius 3 is 2.70 bits per heavy atom. The van der Waals surface area contributed by atoms with Gasteiger partial charge in [0.2, 0.25) is 0 Å². The molecule has 0 spiro atoms. The lowest BCUT2D eigenvalue weighted by atomic mass is 10.2. The van der Waals surface area contributed by atoms with Crippen LogP contribution >= 0.6 is 0 Å². The Balaban J connectivity index is 1.66. The molecule has 8 nitrogen and oxygen atoms in total. The monoisotopic (exact) mass is 362 g/mol. The first-order valence-corrected chi connectivity index (χ1v) is 8.11. The van der Waals surface area contributed by atoms with Gasteiger partial charge in [-0.25, -0.2) is 9.78 Å². The van der Waals surface area contributed by atoms with Crippen LogP contribution in [-0.2, 0) is 11.4 Å². The molecule has 0 unspecified atom stereocenters. The van der Waals surface area contributed by atoms with E-state index in [0.29, 0.717) is 23.2 Å². The van der Waals surface area contributed by atoms with E-state index in [0.717, 1.165) is 10.1 Å². The molecule has 2 aromatic heterocycles. The molecule has 0 fully saturated rings. The van der Waals surface area contributed by atoms with Gasteiger partial charge in [0, 0.05) is 0 Å². The number of hydrogen-bond donors (Lipinski definition) is 2. The van der Waals surface area contributed by atoms with E-state index in [1.165, 1.54) is 12.1 Å². The summed E-state index contributed by atoms with van der Waals surface area (Å²) in [6, 6.07) is 17.4. The zero-order valence-electron chi connectivity index (χ0n) is 14.0. The van der Waals surface area contributed by atoms with Crippen molar-refractivity contribution < 1.29 is 14.7 Å². The van der Waals surface area contributed by atoms with Crippen molar-refractivity contribution in [1.29, 1.82) is 0 Å². The van der Waals surface area contributed by atoms with Crippen LogP contribution in [0.5, 0.6) is 0 Å². The maximum atomic E-state index is 12.7. The molecule has 0 radical (unpaired) electrons. The maximum Gasteiger partial charge on any atom is 0.356 e. The molecule has 27 heavy (non-hydrogen) atoms. The van der Waals surface area contributed by atoms with Crippen molar-refractivity contribution in [1.82, 2.24) is 14.6 Å². The summed E-state index contributed by atoms with van der Waals surface area (Å²) in [7, 11) is 0. The van der Waals surface area contributed by atoms with Gasteiger partial charge in [0.25, 0.3) is 5.56 Å². The zero-order chi connectivity index (χ0) is 18.8. The predicted molar refractivity (Wildman–Crippen MR) is 98.6 cm³/mol. The van der Waals surface area contributed by atoms with Crippen LogP contribution in [0.3, 0.4) is 0 Å². The molecule has 2 N–H and O–H groups in total. The molecule has 0 amide bonds. The largest absolute Gasteiger partial charge is 0.476 e. The molecule has 0 aliphatic rings. The van der Waals surface area contributed by atoms with Crippen LogP contribution in [0.15, 0.2) is 65.5 Å². The molecule has 134 valence electrons. The Morgan fingerprint density at radius 1 is 1.11 bits per heavy atom. The zero-order valence-corrected chi connectivity index (χ0v) is 14.0. The Hall–Kier alpha value is -3.78. The third kappa shape index (κ3) is 3.33. The highest BCUT2D eigenvalue weighted by molar-refractivity contribution is 5.86. The average Bonchev–Trinajstić information content (AvgIpc) is 2.69. The summed E-state index contributed by atoms with van der Waals surface area (Å²) in [5.41, 5.74) is 4.46. The normalized spacial score (nSPS) is 11.0. The molecule has 0 atom stereocenters. The lowest BCUT2D eigenvalue weighted by molar-refractivity contribution is 0.0688. The molecule has 2 aromatic carbocycles. The average molecular weight is 362 g/mol. The first kappa shape index (κ1) is 16.7. The van der Waals surface area contributed by atoms with E-state index in [2.05, 4.69) is 15.6 Å². The first-order valence-electron chi connectivity index (χ1n) is 8.11. The van der Waals surface area contributed by atoms with Crippen molar-refractivity contribution in [2.75, 3.05) is 5.48 Å². The molecule has 0 aliphatic heterocycles. The number of nitrogens with zero attached hydrogens (tertiary/aromatic N) is 3. The number of fused-ring (bicyclic) bond motifs is 2. The van der Waals surface area contributed by atoms with Gasteiger partial charge in [-0.15, -0.1) is 0 Å². The van der Waals surface area contributed by atoms with Crippen molar-refractivity contribution in [3.8, 4) is 0 Å². The van der Waals surface area contributed by atoms with Gasteiger partial charge >= 0.3 is 5.97 Å². The minimum absolute atomic E-state index is 0.230. The van der Waals surface area contributed by atoms with E-state index in [9.17, 15) is 9.59 Å². The fourth-order valence-corrected chi connectivity index (χ4v) is 2.65. The number of aromatic carboxylic acids is 1. The molecule has 4 aromatic rings. The highest BCUT2D eigenvalue weighted by atomic mass is 16.6. The summed E-state index contributed by atoms with van der Waals surface area (Å²) in [5, 5.41) is 13.2. The number of aromatic nitrogens is 3. The van der Waals surface area contributed by atoms with E-state index in [4.69, 9.17) is 9.94 Å². The highest BCUT2D eigenvalue weighted by Gasteiger charge is 2.11. The van der Waals surface area contributed by atoms with E-state index >= 15 is 0 Å². The minimum atomic E-state index is -1.21. The summed E-state index contributed by atoms with van der Waals surface area (Å²) in [5.74, 6) is -1.21. The van der Waals surface area contributed by atoms with E-state index < -0.39 is 11.5 Å². The summed E-state index contributed by atoms with van der Waals surface area (Å²) in [6.45, 7) is 0.358. The molecule has 0 saturated carbocycles. The number of benzene rings is 2. The Kier molecular flexibility index (Phi) is 4.23. The second-order valence-corrected chi connectivity index (χ2v) is 5.82. The fourth-order valence-electron chi connectivity index (χ4n) is 2.65. The summed E-state index contributed by atoms with van der Waals surface area (Å²) in [4.78, 5) is 33.6. The maximum absolute atomic E-state index is 12.7. The van der Waals surface area contributed by atoms with Gasteiger partial charge in [0.05, 0.1) is 23.2 Å². The van der Waals surface area contributed by atoms with Gasteiger partial charge in [-0.05, 0) is 35.9 Å². The van der Waals surface area contributed by atoms with Crippen molar-refractivity contribution in [2.24, 2.45) is 0 Å². The van der Waals surface area contributed by atoms with Crippen LogP contribution in [0, 0.1) is 0 Å². The van der Waals surface area contributed by atoms with Gasteiger partial charge < -0.3 is 5.11 Å². The molecular weight excluding hydrogens is 348 g/mol. The Bertz CT molecular complexity index is 1200. The number of carboxylic acids is 1. The van der Waals surface area contributed by atoms with Crippen LogP contribution in [-0.4, -0.2) is 25.7 Å². The molecule has 2 heterocycles. The van der Waals surface area contributed by atoms with Crippen molar-refractivity contribution in [3.05, 3.63) is 82.3 Å². The number of anilines is 1. The van der Waals surface area contributed by atoms with Gasteiger partial charge in [0.1, 0.15) is 0 Å². The molecule has 0 aliphatic carbocycles. The molecule has 0 saturated heterocycles. The van der Waals surface area contributed by atoms with E-state index in [1.54, 1.807) is 18.2 Å². The quantitative estimate of drug-likeness (QED) is 0.415. The third-order valence-electron chi connectivity index (χ3n) is 3.96. The van der Waals surface area contributed by atoms with Gasteiger partial charge in [-0.2, -0.15) is 9.61 Å². The highest BCUT2D eigenvalue weighted by Crippen LogP contribution is 2.16. The van der Waals surface area contributed by atoms with Crippen LogP contribution in [0.4, 0.5) is 5.69 Å². The van der Waals surface area contributed by atoms with Crippen LogP contribution in [0.25, 0.3) is 16.6 Å². The number of hydrogen-bond acceptors (Lipinski definition) is 6. The summed E-state index contributed by atoms with van der Waals surface area (Å²) >= 11 is 0. The van der Waals surface area contributed by atoms with Crippen molar-refractivity contribution in [3.63, 3.8) is 0 Å². The second-order valence-electron chi connectivity index (χ2n) is 5.82. The number of carbonyl (C=O) groups is 1.